The zero-order chi connectivity index (χ0) is 7.40. The number of rotatable bonds is 3. The number of carbonyl (C=O) groups excluding carboxylic acids is 1. The van der Waals surface area contributed by atoms with E-state index in [4.69, 9.17) is 16.1 Å². The average molecular weight is 160 g/mol. The SMILES string of the molecule is O=CCCc1cc(Cl)no1. The summed E-state index contributed by atoms with van der Waals surface area (Å²) in [7, 11) is 0. The Kier molecular flexibility index (Phi) is 2.45. The van der Waals surface area contributed by atoms with Crippen LogP contribution in [0.5, 0.6) is 0 Å². The Labute approximate surface area is 63.0 Å². The summed E-state index contributed by atoms with van der Waals surface area (Å²) >= 11 is 5.45. The maximum Gasteiger partial charge on any atom is 0.172 e. The molecule has 0 aliphatic carbocycles. The van der Waals surface area contributed by atoms with Crippen LogP contribution in [-0.4, -0.2) is 11.4 Å². The highest BCUT2D eigenvalue weighted by Gasteiger charge is 1.99. The normalized spacial score (nSPS) is 9.70. The van der Waals surface area contributed by atoms with Crippen molar-refractivity contribution < 1.29 is 9.32 Å². The van der Waals surface area contributed by atoms with E-state index in [1.807, 2.05) is 0 Å². The minimum atomic E-state index is 0.334. The fourth-order valence-corrected chi connectivity index (χ4v) is 0.763. The second kappa shape index (κ2) is 3.37. The molecule has 10 heavy (non-hydrogen) atoms. The minimum absolute atomic E-state index is 0.334. The summed E-state index contributed by atoms with van der Waals surface area (Å²) in [5.74, 6) is 0.650. The van der Waals surface area contributed by atoms with E-state index in [1.165, 1.54) is 0 Å². The number of aromatic nitrogens is 1. The number of hydrogen-bond donors (Lipinski definition) is 0. The number of aryl methyl sites for hydroxylation is 1. The summed E-state index contributed by atoms with van der Waals surface area (Å²) in [6, 6.07) is 1.60. The Balaban J connectivity index is 2.49. The van der Waals surface area contributed by atoms with Gasteiger partial charge in [-0.1, -0.05) is 16.8 Å². The van der Waals surface area contributed by atoms with Gasteiger partial charge < -0.3 is 9.32 Å². The molecule has 0 spiro atoms. The topological polar surface area (TPSA) is 43.1 Å². The summed E-state index contributed by atoms with van der Waals surface area (Å²) in [5, 5.41) is 3.78. The van der Waals surface area contributed by atoms with Crippen molar-refractivity contribution in [3.63, 3.8) is 0 Å². The van der Waals surface area contributed by atoms with Crippen molar-refractivity contribution in [3.05, 3.63) is 17.0 Å². The van der Waals surface area contributed by atoms with Crippen LogP contribution in [0.1, 0.15) is 12.2 Å². The van der Waals surface area contributed by atoms with E-state index in [1.54, 1.807) is 6.07 Å². The first-order valence-corrected chi connectivity index (χ1v) is 3.25. The number of hydrogen-bond acceptors (Lipinski definition) is 3. The van der Waals surface area contributed by atoms with Gasteiger partial charge >= 0.3 is 0 Å². The smallest absolute Gasteiger partial charge is 0.172 e. The Morgan fingerprint density at radius 2 is 2.60 bits per heavy atom. The van der Waals surface area contributed by atoms with Crippen molar-refractivity contribution in [1.82, 2.24) is 5.16 Å². The molecule has 0 atom stereocenters. The van der Waals surface area contributed by atoms with E-state index < -0.39 is 0 Å². The van der Waals surface area contributed by atoms with E-state index in [-0.39, 0.29) is 0 Å². The van der Waals surface area contributed by atoms with Crippen LogP contribution >= 0.6 is 11.6 Å². The lowest BCUT2D eigenvalue weighted by molar-refractivity contribution is -0.107. The maximum atomic E-state index is 9.89. The second-order valence-electron chi connectivity index (χ2n) is 1.82. The van der Waals surface area contributed by atoms with E-state index in [0.717, 1.165) is 6.29 Å². The van der Waals surface area contributed by atoms with Gasteiger partial charge in [0.2, 0.25) is 0 Å². The summed E-state index contributed by atoms with van der Waals surface area (Å²) in [4.78, 5) is 9.89. The molecule has 3 nitrogen and oxygen atoms in total. The van der Waals surface area contributed by atoms with Crippen LogP contribution in [0.4, 0.5) is 0 Å². The Bertz CT molecular complexity index is 221. The number of nitrogens with zero attached hydrogens (tertiary/aromatic N) is 1. The molecule has 0 aliphatic rings. The van der Waals surface area contributed by atoms with Crippen LogP contribution in [0.3, 0.4) is 0 Å². The lowest BCUT2D eigenvalue weighted by atomic mass is 10.3. The predicted octanol–water partition coefficient (Wildman–Crippen LogP) is 1.46. The molecular weight excluding hydrogens is 154 g/mol. The highest BCUT2D eigenvalue weighted by atomic mass is 35.5. The van der Waals surface area contributed by atoms with E-state index in [0.29, 0.717) is 23.8 Å². The molecule has 0 N–H and O–H groups in total. The largest absolute Gasteiger partial charge is 0.360 e. The highest BCUT2D eigenvalue weighted by Crippen LogP contribution is 2.09. The third kappa shape index (κ3) is 1.84. The van der Waals surface area contributed by atoms with E-state index >= 15 is 0 Å². The molecule has 1 rings (SSSR count). The van der Waals surface area contributed by atoms with Crippen molar-refractivity contribution in [1.29, 1.82) is 0 Å². The molecule has 54 valence electrons. The van der Waals surface area contributed by atoms with Crippen LogP contribution in [-0.2, 0) is 11.2 Å². The van der Waals surface area contributed by atoms with Gasteiger partial charge in [-0.2, -0.15) is 0 Å². The molecule has 1 aromatic rings. The van der Waals surface area contributed by atoms with Crippen LogP contribution in [0.15, 0.2) is 10.6 Å². The summed E-state index contributed by atoms with van der Waals surface area (Å²) in [6.45, 7) is 0. The van der Waals surface area contributed by atoms with Gasteiger partial charge in [0.1, 0.15) is 12.0 Å². The third-order valence-corrected chi connectivity index (χ3v) is 1.22. The van der Waals surface area contributed by atoms with Crippen LogP contribution in [0.25, 0.3) is 0 Å². The van der Waals surface area contributed by atoms with Crippen molar-refractivity contribution in [3.8, 4) is 0 Å². The fourth-order valence-electron chi connectivity index (χ4n) is 0.607. The number of halogens is 1. The van der Waals surface area contributed by atoms with Gasteiger partial charge in [0.05, 0.1) is 0 Å². The van der Waals surface area contributed by atoms with Gasteiger partial charge in [-0.3, -0.25) is 0 Å². The first kappa shape index (κ1) is 7.28. The molecule has 0 saturated carbocycles. The zero-order valence-electron chi connectivity index (χ0n) is 5.21. The van der Waals surface area contributed by atoms with Crippen molar-refractivity contribution in [2.75, 3.05) is 0 Å². The van der Waals surface area contributed by atoms with Crippen molar-refractivity contribution >= 4 is 17.9 Å². The van der Waals surface area contributed by atoms with Gasteiger partial charge in [-0.05, 0) is 0 Å². The van der Waals surface area contributed by atoms with E-state index in [9.17, 15) is 4.79 Å². The molecule has 0 fully saturated rings. The molecule has 0 amide bonds. The van der Waals surface area contributed by atoms with Crippen molar-refractivity contribution in [2.24, 2.45) is 0 Å². The quantitative estimate of drug-likeness (QED) is 0.627. The minimum Gasteiger partial charge on any atom is -0.360 e. The molecule has 0 aromatic carbocycles. The Morgan fingerprint density at radius 3 is 3.10 bits per heavy atom. The first-order chi connectivity index (χ1) is 4.83. The molecule has 4 heteroatoms. The highest BCUT2D eigenvalue weighted by molar-refractivity contribution is 6.29. The molecule has 1 aromatic heterocycles. The first-order valence-electron chi connectivity index (χ1n) is 2.87. The fraction of sp³-hybridized carbons (Fsp3) is 0.333. The molecule has 0 saturated heterocycles. The molecule has 0 radical (unpaired) electrons. The van der Waals surface area contributed by atoms with Gasteiger partial charge in [0, 0.05) is 18.9 Å². The van der Waals surface area contributed by atoms with Gasteiger partial charge in [0.25, 0.3) is 0 Å². The molecule has 1 heterocycles. The maximum absolute atomic E-state index is 9.89. The zero-order valence-corrected chi connectivity index (χ0v) is 5.97. The standard InChI is InChI=1S/C6H6ClNO2/c7-6-4-5(10-8-6)2-1-3-9/h3-4H,1-2H2. The molecule has 0 aliphatic heterocycles. The molecule has 0 unspecified atom stereocenters. The number of carbonyl (C=O) groups is 1. The van der Waals surface area contributed by atoms with Crippen LogP contribution in [0.2, 0.25) is 5.15 Å². The molecule has 0 bridgehead atoms. The van der Waals surface area contributed by atoms with Gasteiger partial charge in [-0.25, -0.2) is 0 Å². The van der Waals surface area contributed by atoms with Gasteiger partial charge in [0.15, 0.2) is 5.15 Å². The molecular formula is C6H6ClNO2. The Hall–Kier alpha value is -0.830. The lowest BCUT2D eigenvalue weighted by Crippen LogP contribution is -1.80. The summed E-state index contributed by atoms with van der Waals surface area (Å²) in [6.07, 6.45) is 1.85. The van der Waals surface area contributed by atoms with Crippen molar-refractivity contribution in [2.45, 2.75) is 12.8 Å². The third-order valence-electron chi connectivity index (χ3n) is 1.04. The van der Waals surface area contributed by atoms with Gasteiger partial charge in [-0.15, -0.1) is 0 Å². The average Bonchev–Trinajstić information content (AvgIpc) is 2.31. The second-order valence-corrected chi connectivity index (χ2v) is 2.21. The van der Waals surface area contributed by atoms with Crippen LogP contribution in [0, 0.1) is 0 Å². The monoisotopic (exact) mass is 159 g/mol. The predicted molar refractivity (Wildman–Crippen MR) is 35.9 cm³/mol. The number of aldehydes is 1. The summed E-state index contributed by atoms with van der Waals surface area (Å²) in [5.41, 5.74) is 0. The Morgan fingerprint density at radius 1 is 1.80 bits per heavy atom. The lowest BCUT2D eigenvalue weighted by Gasteiger charge is -1.83. The summed E-state index contributed by atoms with van der Waals surface area (Å²) < 4.78 is 4.73. The van der Waals surface area contributed by atoms with E-state index in [2.05, 4.69) is 5.16 Å². The van der Waals surface area contributed by atoms with Crippen LogP contribution < -0.4 is 0 Å².